The number of carbonyl (C=O) groups excluding carboxylic acids is 1. The van der Waals surface area contributed by atoms with Crippen LogP contribution in [-0.4, -0.2) is 5.78 Å². The monoisotopic (exact) mass is 168 g/mol. The van der Waals surface area contributed by atoms with Crippen molar-refractivity contribution in [2.24, 2.45) is 5.41 Å². The highest BCUT2D eigenvalue weighted by Gasteiger charge is 2.33. The van der Waals surface area contributed by atoms with Gasteiger partial charge in [0, 0.05) is 11.8 Å². The molecule has 0 N–H and O–H groups in total. The molecule has 1 aliphatic rings. The lowest BCUT2D eigenvalue weighted by Gasteiger charge is -2.31. The molecular weight excluding hydrogens is 148 g/mol. The van der Waals surface area contributed by atoms with Crippen molar-refractivity contribution >= 4 is 5.78 Å². The molecule has 0 aromatic carbocycles. The van der Waals surface area contributed by atoms with Crippen LogP contribution < -0.4 is 0 Å². The second-order valence-electron chi connectivity index (χ2n) is 4.29. The maximum absolute atomic E-state index is 11.6. The van der Waals surface area contributed by atoms with E-state index < -0.39 is 0 Å². The average molecular weight is 168 g/mol. The molecule has 0 saturated heterocycles. The molecular formula is C11H20O. The highest BCUT2D eigenvalue weighted by atomic mass is 16.1. The number of Topliss-reactive ketones (excluding diaryl/α,β-unsaturated/α-hetero) is 1. The summed E-state index contributed by atoms with van der Waals surface area (Å²) < 4.78 is 0. The first-order valence-electron chi connectivity index (χ1n) is 5.22. The summed E-state index contributed by atoms with van der Waals surface area (Å²) in [5, 5.41) is 0. The number of hydrogen-bond donors (Lipinski definition) is 0. The van der Waals surface area contributed by atoms with E-state index in [9.17, 15) is 4.79 Å². The van der Waals surface area contributed by atoms with Crippen molar-refractivity contribution < 1.29 is 4.79 Å². The van der Waals surface area contributed by atoms with Crippen molar-refractivity contribution in [1.82, 2.24) is 0 Å². The van der Waals surface area contributed by atoms with E-state index in [0.717, 1.165) is 25.7 Å². The molecule has 0 spiro atoms. The van der Waals surface area contributed by atoms with Gasteiger partial charge in [0.15, 0.2) is 0 Å². The minimum atomic E-state index is 0.0499. The molecule has 0 unspecified atom stereocenters. The molecule has 1 aliphatic carbocycles. The third-order valence-corrected chi connectivity index (χ3v) is 3.14. The van der Waals surface area contributed by atoms with Gasteiger partial charge in [0.05, 0.1) is 0 Å². The van der Waals surface area contributed by atoms with E-state index >= 15 is 0 Å². The Morgan fingerprint density at radius 1 is 1.42 bits per heavy atom. The largest absolute Gasteiger partial charge is 0.299 e. The highest BCUT2D eigenvalue weighted by Crippen LogP contribution is 2.36. The van der Waals surface area contributed by atoms with Gasteiger partial charge >= 0.3 is 0 Å². The molecule has 70 valence electrons. The zero-order chi connectivity index (χ0) is 9.03. The van der Waals surface area contributed by atoms with Crippen LogP contribution in [0.25, 0.3) is 0 Å². The Balaban J connectivity index is 2.48. The van der Waals surface area contributed by atoms with Gasteiger partial charge in [0.1, 0.15) is 5.78 Å². The van der Waals surface area contributed by atoms with Crippen molar-refractivity contribution in [3.05, 3.63) is 0 Å². The predicted molar refractivity (Wildman–Crippen MR) is 51.1 cm³/mol. The van der Waals surface area contributed by atoms with Crippen LogP contribution in [0, 0.1) is 5.41 Å². The van der Waals surface area contributed by atoms with Gasteiger partial charge in [0.25, 0.3) is 0 Å². The summed E-state index contributed by atoms with van der Waals surface area (Å²) in [7, 11) is 0. The standard InChI is InChI=1S/C11H20O/c1-3-4-8-11(2)9-6-5-7-10(11)12/h3-9H2,1-2H3/t11-/m1/s1. The van der Waals surface area contributed by atoms with Crippen LogP contribution >= 0.6 is 0 Å². The fourth-order valence-electron chi connectivity index (χ4n) is 2.07. The van der Waals surface area contributed by atoms with Gasteiger partial charge in [-0.1, -0.05) is 33.1 Å². The van der Waals surface area contributed by atoms with Crippen molar-refractivity contribution in [3.63, 3.8) is 0 Å². The first-order valence-corrected chi connectivity index (χ1v) is 5.22. The maximum Gasteiger partial charge on any atom is 0.138 e. The normalized spacial score (nSPS) is 30.7. The van der Waals surface area contributed by atoms with E-state index in [1.54, 1.807) is 0 Å². The molecule has 0 bridgehead atoms. The molecule has 1 fully saturated rings. The minimum absolute atomic E-state index is 0.0499. The van der Waals surface area contributed by atoms with E-state index in [2.05, 4.69) is 13.8 Å². The summed E-state index contributed by atoms with van der Waals surface area (Å²) in [6.45, 7) is 4.35. The van der Waals surface area contributed by atoms with Gasteiger partial charge in [0.2, 0.25) is 0 Å². The fourth-order valence-corrected chi connectivity index (χ4v) is 2.07. The lowest BCUT2D eigenvalue weighted by molar-refractivity contribution is -0.130. The van der Waals surface area contributed by atoms with E-state index in [1.165, 1.54) is 19.3 Å². The second-order valence-corrected chi connectivity index (χ2v) is 4.29. The van der Waals surface area contributed by atoms with Crippen LogP contribution in [0.5, 0.6) is 0 Å². The molecule has 12 heavy (non-hydrogen) atoms. The van der Waals surface area contributed by atoms with Crippen LogP contribution in [0.15, 0.2) is 0 Å². The molecule has 0 amide bonds. The highest BCUT2D eigenvalue weighted by molar-refractivity contribution is 5.85. The Labute approximate surface area is 75.5 Å². The summed E-state index contributed by atoms with van der Waals surface area (Å²) in [5.41, 5.74) is 0.0499. The number of ketones is 1. The number of unbranched alkanes of at least 4 members (excludes halogenated alkanes) is 1. The van der Waals surface area contributed by atoms with Crippen molar-refractivity contribution in [1.29, 1.82) is 0 Å². The maximum atomic E-state index is 11.6. The number of rotatable bonds is 3. The van der Waals surface area contributed by atoms with E-state index in [1.807, 2.05) is 0 Å². The number of hydrogen-bond acceptors (Lipinski definition) is 1. The molecule has 1 saturated carbocycles. The van der Waals surface area contributed by atoms with Crippen LogP contribution in [0.2, 0.25) is 0 Å². The molecule has 0 aromatic rings. The molecule has 0 heterocycles. The SMILES string of the molecule is CCCC[C@]1(C)CCCCC1=O. The predicted octanol–water partition coefficient (Wildman–Crippen LogP) is 3.33. The van der Waals surface area contributed by atoms with Crippen LogP contribution in [0.3, 0.4) is 0 Å². The summed E-state index contributed by atoms with van der Waals surface area (Å²) in [6, 6.07) is 0. The van der Waals surface area contributed by atoms with Gasteiger partial charge < -0.3 is 0 Å². The van der Waals surface area contributed by atoms with Crippen molar-refractivity contribution in [2.45, 2.75) is 58.8 Å². The third kappa shape index (κ3) is 2.09. The summed E-state index contributed by atoms with van der Waals surface area (Å²) in [4.78, 5) is 11.6. The zero-order valence-electron chi connectivity index (χ0n) is 8.36. The second kappa shape index (κ2) is 4.06. The first kappa shape index (κ1) is 9.76. The molecule has 1 nitrogen and oxygen atoms in total. The van der Waals surface area contributed by atoms with E-state index in [0.29, 0.717) is 5.78 Å². The Kier molecular flexibility index (Phi) is 3.30. The fraction of sp³-hybridized carbons (Fsp3) is 0.909. The van der Waals surface area contributed by atoms with Gasteiger partial charge in [-0.25, -0.2) is 0 Å². The molecule has 0 radical (unpaired) electrons. The first-order chi connectivity index (χ1) is 5.69. The summed E-state index contributed by atoms with van der Waals surface area (Å²) >= 11 is 0. The molecule has 0 aliphatic heterocycles. The van der Waals surface area contributed by atoms with Gasteiger partial charge in [-0.3, -0.25) is 4.79 Å². The minimum Gasteiger partial charge on any atom is -0.299 e. The Morgan fingerprint density at radius 3 is 2.75 bits per heavy atom. The lowest BCUT2D eigenvalue weighted by Crippen LogP contribution is -2.30. The van der Waals surface area contributed by atoms with Crippen molar-refractivity contribution in [3.8, 4) is 0 Å². The molecule has 1 atom stereocenters. The van der Waals surface area contributed by atoms with Gasteiger partial charge in [-0.05, 0) is 19.3 Å². The summed E-state index contributed by atoms with van der Waals surface area (Å²) in [6.07, 6.45) is 7.88. The van der Waals surface area contributed by atoms with Gasteiger partial charge in [-0.2, -0.15) is 0 Å². The topological polar surface area (TPSA) is 17.1 Å². The number of carbonyl (C=O) groups is 1. The van der Waals surface area contributed by atoms with Crippen LogP contribution in [0.4, 0.5) is 0 Å². The average Bonchev–Trinajstić information content (AvgIpc) is 2.07. The Hall–Kier alpha value is -0.330. The van der Waals surface area contributed by atoms with E-state index in [4.69, 9.17) is 0 Å². The lowest BCUT2D eigenvalue weighted by atomic mass is 9.71. The van der Waals surface area contributed by atoms with Gasteiger partial charge in [-0.15, -0.1) is 0 Å². The quantitative estimate of drug-likeness (QED) is 0.631. The smallest absolute Gasteiger partial charge is 0.138 e. The molecule has 1 heteroatoms. The van der Waals surface area contributed by atoms with Crippen LogP contribution in [-0.2, 0) is 4.79 Å². The van der Waals surface area contributed by atoms with Crippen molar-refractivity contribution in [2.75, 3.05) is 0 Å². The van der Waals surface area contributed by atoms with E-state index in [-0.39, 0.29) is 5.41 Å². The zero-order valence-corrected chi connectivity index (χ0v) is 8.36. The molecule has 1 rings (SSSR count). The summed E-state index contributed by atoms with van der Waals surface area (Å²) in [5.74, 6) is 0.516. The van der Waals surface area contributed by atoms with Crippen LogP contribution in [0.1, 0.15) is 58.8 Å². The Bertz CT molecular complexity index is 162. The Morgan fingerprint density at radius 2 is 2.17 bits per heavy atom. The third-order valence-electron chi connectivity index (χ3n) is 3.14. The molecule has 0 aromatic heterocycles.